The molecule has 1 heterocycles. The molecule has 0 saturated carbocycles. The smallest absolute Gasteiger partial charge is 0.261 e. The number of hydrogen-bond acceptors (Lipinski definition) is 4. The summed E-state index contributed by atoms with van der Waals surface area (Å²) in [5, 5.41) is 2.91. The SMILES string of the molecule is CCC(Oc1ccccc1OC)C(=O)NCCCc1ccco1. The van der Waals surface area contributed by atoms with E-state index in [9.17, 15) is 4.79 Å². The predicted octanol–water partition coefficient (Wildman–Crippen LogP) is 3.19. The summed E-state index contributed by atoms with van der Waals surface area (Å²) in [7, 11) is 1.58. The zero-order valence-corrected chi connectivity index (χ0v) is 13.6. The van der Waals surface area contributed by atoms with Crippen LogP contribution in [0.4, 0.5) is 0 Å². The molecule has 1 aromatic heterocycles. The second-order valence-corrected chi connectivity index (χ2v) is 5.14. The van der Waals surface area contributed by atoms with E-state index in [1.54, 1.807) is 19.4 Å². The molecule has 1 aromatic carbocycles. The van der Waals surface area contributed by atoms with E-state index < -0.39 is 6.10 Å². The molecule has 0 saturated heterocycles. The number of rotatable bonds is 9. The van der Waals surface area contributed by atoms with E-state index in [1.165, 1.54) is 0 Å². The van der Waals surface area contributed by atoms with Gasteiger partial charge in [0, 0.05) is 13.0 Å². The minimum Gasteiger partial charge on any atom is -0.493 e. The molecule has 1 atom stereocenters. The Kier molecular flexibility index (Phi) is 6.54. The van der Waals surface area contributed by atoms with E-state index in [2.05, 4.69) is 5.32 Å². The molecule has 0 fully saturated rings. The van der Waals surface area contributed by atoms with Gasteiger partial charge in [0.25, 0.3) is 5.91 Å². The Bertz CT molecular complexity index is 595. The second kappa shape index (κ2) is 8.88. The number of para-hydroxylation sites is 2. The van der Waals surface area contributed by atoms with E-state index in [-0.39, 0.29) is 5.91 Å². The van der Waals surface area contributed by atoms with Crippen LogP contribution >= 0.6 is 0 Å². The van der Waals surface area contributed by atoms with Crippen LogP contribution in [0.2, 0.25) is 0 Å². The Labute approximate surface area is 136 Å². The Morgan fingerprint density at radius 3 is 2.65 bits per heavy atom. The number of ether oxygens (including phenoxy) is 2. The van der Waals surface area contributed by atoms with E-state index in [0.717, 1.165) is 18.6 Å². The molecule has 0 aliphatic rings. The standard InChI is InChI=1S/C18H23NO4/c1-3-15(23-17-11-5-4-10-16(17)21-2)18(20)19-12-6-8-14-9-7-13-22-14/h4-5,7,9-11,13,15H,3,6,8,12H2,1-2H3,(H,19,20). The lowest BCUT2D eigenvalue weighted by atomic mass is 10.2. The zero-order chi connectivity index (χ0) is 16.5. The third-order valence-electron chi connectivity index (χ3n) is 3.48. The van der Waals surface area contributed by atoms with E-state index in [1.807, 2.05) is 37.3 Å². The fraction of sp³-hybridized carbons (Fsp3) is 0.389. The van der Waals surface area contributed by atoms with Crippen LogP contribution in [0.3, 0.4) is 0 Å². The van der Waals surface area contributed by atoms with Gasteiger partial charge in [-0.3, -0.25) is 4.79 Å². The van der Waals surface area contributed by atoms with Gasteiger partial charge in [0.15, 0.2) is 17.6 Å². The maximum absolute atomic E-state index is 12.2. The van der Waals surface area contributed by atoms with E-state index in [0.29, 0.717) is 24.5 Å². The number of furan rings is 1. The number of nitrogens with one attached hydrogen (secondary N) is 1. The summed E-state index contributed by atoms with van der Waals surface area (Å²) in [4.78, 5) is 12.2. The van der Waals surface area contributed by atoms with Crippen LogP contribution in [-0.2, 0) is 11.2 Å². The summed E-state index contributed by atoms with van der Waals surface area (Å²) in [6, 6.07) is 11.1. The first-order chi connectivity index (χ1) is 11.2. The highest BCUT2D eigenvalue weighted by molar-refractivity contribution is 5.81. The van der Waals surface area contributed by atoms with Crippen LogP contribution in [0.1, 0.15) is 25.5 Å². The molecular weight excluding hydrogens is 294 g/mol. The highest BCUT2D eigenvalue weighted by atomic mass is 16.5. The van der Waals surface area contributed by atoms with Crippen molar-refractivity contribution < 1.29 is 18.7 Å². The van der Waals surface area contributed by atoms with Crippen molar-refractivity contribution in [2.75, 3.05) is 13.7 Å². The molecule has 23 heavy (non-hydrogen) atoms. The van der Waals surface area contributed by atoms with Gasteiger partial charge < -0.3 is 19.2 Å². The number of carbonyl (C=O) groups is 1. The summed E-state index contributed by atoms with van der Waals surface area (Å²) in [5.41, 5.74) is 0. The van der Waals surface area contributed by atoms with E-state index in [4.69, 9.17) is 13.9 Å². The van der Waals surface area contributed by atoms with Crippen molar-refractivity contribution >= 4 is 5.91 Å². The van der Waals surface area contributed by atoms with Crippen LogP contribution in [-0.4, -0.2) is 25.7 Å². The fourth-order valence-corrected chi connectivity index (χ4v) is 2.23. The molecule has 0 aliphatic heterocycles. The van der Waals surface area contributed by atoms with Crippen molar-refractivity contribution in [1.82, 2.24) is 5.32 Å². The van der Waals surface area contributed by atoms with Crippen LogP contribution < -0.4 is 14.8 Å². The monoisotopic (exact) mass is 317 g/mol. The van der Waals surface area contributed by atoms with Crippen molar-refractivity contribution in [3.63, 3.8) is 0 Å². The topological polar surface area (TPSA) is 60.7 Å². The van der Waals surface area contributed by atoms with Crippen LogP contribution in [0, 0.1) is 0 Å². The molecule has 0 aliphatic carbocycles. The van der Waals surface area contributed by atoms with Gasteiger partial charge in [0.1, 0.15) is 5.76 Å². The number of aryl methyl sites for hydroxylation is 1. The number of amides is 1. The van der Waals surface area contributed by atoms with Crippen LogP contribution in [0.25, 0.3) is 0 Å². The van der Waals surface area contributed by atoms with Gasteiger partial charge in [-0.15, -0.1) is 0 Å². The van der Waals surface area contributed by atoms with Crippen LogP contribution in [0.5, 0.6) is 11.5 Å². The molecule has 124 valence electrons. The van der Waals surface area contributed by atoms with Crippen molar-refractivity contribution in [1.29, 1.82) is 0 Å². The van der Waals surface area contributed by atoms with Crippen molar-refractivity contribution in [2.24, 2.45) is 0 Å². The maximum atomic E-state index is 12.2. The maximum Gasteiger partial charge on any atom is 0.261 e. The molecule has 5 heteroatoms. The van der Waals surface area contributed by atoms with E-state index >= 15 is 0 Å². The fourth-order valence-electron chi connectivity index (χ4n) is 2.23. The first-order valence-electron chi connectivity index (χ1n) is 7.84. The summed E-state index contributed by atoms with van der Waals surface area (Å²) >= 11 is 0. The Hall–Kier alpha value is -2.43. The third-order valence-corrected chi connectivity index (χ3v) is 3.48. The molecular formula is C18H23NO4. The van der Waals surface area contributed by atoms with Gasteiger partial charge in [-0.25, -0.2) is 0 Å². The molecule has 0 radical (unpaired) electrons. The lowest BCUT2D eigenvalue weighted by Crippen LogP contribution is -2.38. The summed E-state index contributed by atoms with van der Waals surface area (Å²) in [6.07, 6.45) is 3.33. The number of carbonyl (C=O) groups excluding carboxylic acids is 1. The quantitative estimate of drug-likeness (QED) is 0.722. The zero-order valence-electron chi connectivity index (χ0n) is 13.6. The van der Waals surface area contributed by atoms with Gasteiger partial charge in [0.05, 0.1) is 13.4 Å². The molecule has 1 N–H and O–H groups in total. The average molecular weight is 317 g/mol. The highest BCUT2D eigenvalue weighted by Gasteiger charge is 2.19. The summed E-state index contributed by atoms with van der Waals surface area (Å²) in [6.45, 7) is 2.51. The lowest BCUT2D eigenvalue weighted by molar-refractivity contribution is -0.128. The second-order valence-electron chi connectivity index (χ2n) is 5.14. The van der Waals surface area contributed by atoms with Gasteiger partial charge in [-0.1, -0.05) is 19.1 Å². The third kappa shape index (κ3) is 5.06. The number of methoxy groups -OCH3 is 1. The van der Waals surface area contributed by atoms with Crippen molar-refractivity contribution in [2.45, 2.75) is 32.3 Å². The van der Waals surface area contributed by atoms with Crippen molar-refractivity contribution in [3.05, 3.63) is 48.4 Å². The molecule has 0 spiro atoms. The molecule has 1 unspecified atom stereocenters. The minimum absolute atomic E-state index is 0.113. The number of hydrogen-bond donors (Lipinski definition) is 1. The Balaban J connectivity index is 1.81. The number of benzene rings is 1. The minimum atomic E-state index is -0.532. The summed E-state index contributed by atoms with van der Waals surface area (Å²) in [5.74, 6) is 2.01. The predicted molar refractivity (Wildman–Crippen MR) is 87.7 cm³/mol. The Morgan fingerprint density at radius 2 is 2.00 bits per heavy atom. The van der Waals surface area contributed by atoms with Gasteiger partial charge in [0.2, 0.25) is 0 Å². The molecule has 2 rings (SSSR count). The molecule has 1 amide bonds. The largest absolute Gasteiger partial charge is 0.493 e. The Morgan fingerprint density at radius 1 is 1.22 bits per heavy atom. The van der Waals surface area contributed by atoms with Gasteiger partial charge in [-0.05, 0) is 37.1 Å². The molecule has 0 bridgehead atoms. The summed E-state index contributed by atoms with van der Waals surface area (Å²) < 4.78 is 16.3. The first-order valence-corrected chi connectivity index (χ1v) is 7.84. The normalized spacial score (nSPS) is 11.7. The first kappa shape index (κ1) is 16.9. The van der Waals surface area contributed by atoms with Gasteiger partial charge >= 0.3 is 0 Å². The van der Waals surface area contributed by atoms with Gasteiger partial charge in [-0.2, -0.15) is 0 Å². The van der Waals surface area contributed by atoms with Crippen LogP contribution in [0.15, 0.2) is 47.1 Å². The molecule has 5 nitrogen and oxygen atoms in total. The average Bonchev–Trinajstić information content (AvgIpc) is 3.10. The molecule has 2 aromatic rings. The van der Waals surface area contributed by atoms with Crippen molar-refractivity contribution in [3.8, 4) is 11.5 Å². The highest BCUT2D eigenvalue weighted by Crippen LogP contribution is 2.27. The lowest BCUT2D eigenvalue weighted by Gasteiger charge is -2.18.